The van der Waals surface area contributed by atoms with Crippen molar-refractivity contribution in [3.05, 3.63) is 28.8 Å². The van der Waals surface area contributed by atoms with Crippen LogP contribution >= 0.6 is 11.6 Å². The van der Waals surface area contributed by atoms with Crippen molar-refractivity contribution in [3.63, 3.8) is 0 Å². The summed E-state index contributed by atoms with van der Waals surface area (Å²) in [6, 6.07) is 6.71. The van der Waals surface area contributed by atoms with Crippen LogP contribution in [-0.4, -0.2) is 41.6 Å². The molecule has 0 fully saturated rings. The van der Waals surface area contributed by atoms with Crippen molar-refractivity contribution in [2.75, 3.05) is 19.8 Å². The third-order valence-corrected chi connectivity index (χ3v) is 2.94. The third kappa shape index (κ3) is 5.35. The lowest BCUT2D eigenvalue weighted by Crippen LogP contribution is -2.47. The SMILES string of the molecule is CC(C)(CO)NCC(O)COc1ccc(Cl)cc1C#N. The van der Waals surface area contributed by atoms with Crippen molar-refractivity contribution in [3.8, 4) is 11.8 Å². The minimum Gasteiger partial charge on any atom is -0.489 e. The van der Waals surface area contributed by atoms with E-state index in [0.717, 1.165) is 0 Å². The maximum absolute atomic E-state index is 9.81. The van der Waals surface area contributed by atoms with Crippen LogP contribution in [0.5, 0.6) is 5.75 Å². The van der Waals surface area contributed by atoms with Gasteiger partial charge < -0.3 is 20.3 Å². The second kappa shape index (κ2) is 7.46. The van der Waals surface area contributed by atoms with Gasteiger partial charge in [0.15, 0.2) is 0 Å². The van der Waals surface area contributed by atoms with Crippen LogP contribution in [0.4, 0.5) is 0 Å². The third-order valence-electron chi connectivity index (χ3n) is 2.70. The number of aliphatic hydroxyl groups excluding tert-OH is 2. The Morgan fingerprint density at radius 1 is 1.50 bits per heavy atom. The first-order chi connectivity index (χ1) is 9.38. The number of nitrogens with one attached hydrogen (secondary N) is 1. The first-order valence-electron chi connectivity index (χ1n) is 6.24. The van der Waals surface area contributed by atoms with Gasteiger partial charge in [-0.25, -0.2) is 0 Å². The lowest BCUT2D eigenvalue weighted by molar-refractivity contribution is 0.0905. The molecule has 0 saturated carbocycles. The second-order valence-corrected chi connectivity index (χ2v) is 5.58. The number of hydrogen-bond acceptors (Lipinski definition) is 5. The molecule has 1 unspecified atom stereocenters. The van der Waals surface area contributed by atoms with Gasteiger partial charge in [0, 0.05) is 17.1 Å². The lowest BCUT2D eigenvalue weighted by Gasteiger charge is -2.25. The van der Waals surface area contributed by atoms with Gasteiger partial charge in [0.05, 0.1) is 12.2 Å². The fraction of sp³-hybridized carbons (Fsp3) is 0.500. The summed E-state index contributed by atoms with van der Waals surface area (Å²) in [5, 5.41) is 31.3. The van der Waals surface area contributed by atoms with Crippen molar-refractivity contribution in [1.82, 2.24) is 5.32 Å². The highest BCUT2D eigenvalue weighted by molar-refractivity contribution is 6.30. The van der Waals surface area contributed by atoms with Crippen LogP contribution in [0.25, 0.3) is 0 Å². The fourth-order valence-corrected chi connectivity index (χ4v) is 1.58. The number of β-amino-alcohol motifs (C(OH)–C–C–N with tert-alkyl or cyclic N) is 1. The molecule has 0 aliphatic rings. The molecule has 1 rings (SSSR count). The summed E-state index contributed by atoms with van der Waals surface area (Å²) in [7, 11) is 0. The minimum atomic E-state index is -0.747. The van der Waals surface area contributed by atoms with Crippen LogP contribution in [0.3, 0.4) is 0 Å². The maximum atomic E-state index is 9.81. The van der Waals surface area contributed by atoms with Crippen LogP contribution in [0.2, 0.25) is 5.02 Å². The van der Waals surface area contributed by atoms with E-state index in [4.69, 9.17) is 26.7 Å². The van der Waals surface area contributed by atoms with E-state index >= 15 is 0 Å². The Balaban J connectivity index is 2.49. The van der Waals surface area contributed by atoms with Crippen LogP contribution in [0.1, 0.15) is 19.4 Å². The number of ether oxygens (including phenoxy) is 1. The first-order valence-corrected chi connectivity index (χ1v) is 6.62. The molecule has 0 aliphatic heterocycles. The van der Waals surface area contributed by atoms with Crippen LogP contribution < -0.4 is 10.1 Å². The first kappa shape index (κ1) is 16.7. The molecule has 0 spiro atoms. The predicted molar refractivity (Wildman–Crippen MR) is 76.8 cm³/mol. The molecule has 1 aromatic carbocycles. The highest BCUT2D eigenvalue weighted by Crippen LogP contribution is 2.22. The number of hydrogen-bond donors (Lipinski definition) is 3. The molecule has 0 aliphatic carbocycles. The van der Waals surface area contributed by atoms with Crippen LogP contribution in [0, 0.1) is 11.3 Å². The summed E-state index contributed by atoms with van der Waals surface area (Å²) in [5.74, 6) is 0.386. The Hall–Kier alpha value is -1.32. The highest BCUT2D eigenvalue weighted by atomic mass is 35.5. The molecule has 3 N–H and O–H groups in total. The fourth-order valence-electron chi connectivity index (χ4n) is 1.41. The van der Waals surface area contributed by atoms with E-state index in [1.54, 1.807) is 12.1 Å². The van der Waals surface area contributed by atoms with Gasteiger partial charge in [-0.1, -0.05) is 11.6 Å². The van der Waals surface area contributed by atoms with Crippen molar-refractivity contribution >= 4 is 11.6 Å². The van der Waals surface area contributed by atoms with Gasteiger partial charge in [0.2, 0.25) is 0 Å². The predicted octanol–water partition coefficient (Wildman–Crippen LogP) is 1.31. The van der Waals surface area contributed by atoms with E-state index in [1.807, 2.05) is 19.9 Å². The molecule has 110 valence electrons. The molecule has 5 nitrogen and oxygen atoms in total. The number of halogens is 1. The number of nitriles is 1. The largest absolute Gasteiger partial charge is 0.489 e. The number of benzene rings is 1. The average molecular weight is 299 g/mol. The quantitative estimate of drug-likeness (QED) is 0.707. The van der Waals surface area contributed by atoms with Crippen molar-refractivity contribution in [2.24, 2.45) is 0 Å². The summed E-state index contributed by atoms with van der Waals surface area (Å²) < 4.78 is 5.41. The molecule has 20 heavy (non-hydrogen) atoms. The minimum absolute atomic E-state index is 0.0314. The van der Waals surface area contributed by atoms with Gasteiger partial charge in [-0.15, -0.1) is 0 Å². The maximum Gasteiger partial charge on any atom is 0.137 e. The monoisotopic (exact) mass is 298 g/mol. The van der Waals surface area contributed by atoms with Gasteiger partial charge in [0.25, 0.3) is 0 Å². The van der Waals surface area contributed by atoms with Gasteiger partial charge in [-0.05, 0) is 32.0 Å². The zero-order valence-electron chi connectivity index (χ0n) is 11.6. The Kier molecular flexibility index (Phi) is 6.24. The molecule has 1 aromatic rings. The van der Waals surface area contributed by atoms with E-state index in [2.05, 4.69) is 5.32 Å². The number of aliphatic hydroxyl groups is 2. The molecule has 0 aromatic heterocycles. The van der Waals surface area contributed by atoms with Gasteiger partial charge >= 0.3 is 0 Å². The van der Waals surface area contributed by atoms with E-state index in [1.165, 1.54) is 6.07 Å². The van der Waals surface area contributed by atoms with Gasteiger partial charge in [-0.3, -0.25) is 0 Å². The molecular formula is C14H19ClN2O3. The smallest absolute Gasteiger partial charge is 0.137 e. The van der Waals surface area contributed by atoms with Crippen molar-refractivity contribution < 1.29 is 14.9 Å². The van der Waals surface area contributed by atoms with Gasteiger partial charge in [0.1, 0.15) is 24.5 Å². The highest BCUT2D eigenvalue weighted by Gasteiger charge is 2.17. The Morgan fingerprint density at radius 3 is 2.80 bits per heavy atom. The van der Waals surface area contributed by atoms with Gasteiger partial charge in [-0.2, -0.15) is 5.26 Å². The van der Waals surface area contributed by atoms with Crippen LogP contribution in [0.15, 0.2) is 18.2 Å². The summed E-state index contributed by atoms with van der Waals surface area (Å²) in [5.41, 5.74) is -0.132. The number of rotatable bonds is 7. The molecule has 0 amide bonds. The second-order valence-electron chi connectivity index (χ2n) is 5.14. The normalized spacial score (nSPS) is 12.8. The average Bonchev–Trinajstić information content (AvgIpc) is 2.43. The summed E-state index contributed by atoms with van der Waals surface area (Å²) in [6.45, 7) is 3.95. The Bertz CT molecular complexity index is 486. The van der Waals surface area contributed by atoms with E-state index < -0.39 is 11.6 Å². The van der Waals surface area contributed by atoms with E-state index in [0.29, 0.717) is 16.3 Å². The van der Waals surface area contributed by atoms with Crippen molar-refractivity contribution in [1.29, 1.82) is 5.26 Å². The lowest BCUT2D eigenvalue weighted by atomic mass is 10.1. The topological polar surface area (TPSA) is 85.5 Å². The molecule has 1 atom stereocenters. The van der Waals surface area contributed by atoms with E-state index in [9.17, 15) is 5.11 Å². The summed E-state index contributed by atoms with van der Waals surface area (Å²) in [4.78, 5) is 0. The van der Waals surface area contributed by atoms with Crippen molar-refractivity contribution in [2.45, 2.75) is 25.5 Å². The van der Waals surface area contributed by atoms with Crippen LogP contribution in [-0.2, 0) is 0 Å². The zero-order chi connectivity index (χ0) is 15.2. The molecule has 0 saturated heterocycles. The molecule has 0 heterocycles. The standard InChI is InChI=1S/C14H19ClN2O3/c1-14(2,9-18)17-7-12(19)8-20-13-4-3-11(15)5-10(13)6-16/h3-5,12,17-19H,7-9H2,1-2H3. The van der Waals surface area contributed by atoms with E-state index in [-0.39, 0.29) is 19.8 Å². The Morgan fingerprint density at radius 2 is 2.20 bits per heavy atom. The molecule has 0 radical (unpaired) electrons. The zero-order valence-corrected chi connectivity index (χ0v) is 12.3. The molecular weight excluding hydrogens is 280 g/mol. The summed E-state index contributed by atoms with van der Waals surface area (Å²) in [6.07, 6.45) is -0.747. The number of nitrogens with zero attached hydrogens (tertiary/aromatic N) is 1. The summed E-state index contributed by atoms with van der Waals surface area (Å²) >= 11 is 5.78. The molecule has 6 heteroatoms. The molecule has 0 bridgehead atoms. The Labute approximate surface area is 123 Å².